The third-order valence-corrected chi connectivity index (χ3v) is 7.94. The van der Waals surface area contributed by atoms with Crippen molar-refractivity contribution in [3.63, 3.8) is 0 Å². The number of benzene rings is 6. The topological polar surface area (TPSA) is 80.3 Å². The van der Waals surface area contributed by atoms with Crippen LogP contribution >= 0.6 is 0 Å². The van der Waals surface area contributed by atoms with E-state index in [1.165, 1.54) is 19.1 Å². The molecular formula is C45H38O7. The summed E-state index contributed by atoms with van der Waals surface area (Å²) in [7, 11) is 0. The number of carbonyl (C=O) groups excluding carboxylic acids is 2. The maximum atomic E-state index is 13.3. The number of hydrogen-bond donors (Lipinski definition) is 0. The highest BCUT2D eigenvalue weighted by atomic mass is 16.5. The van der Waals surface area contributed by atoms with Gasteiger partial charge in [-0.15, -0.1) is 0 Å². The monoisotopic (exact) mass is 690 g/mol. The highest BCUT2D eigenvalue weighted by Crippen LogP contribution is 2.36. The van der Waals surface area contributed by atoms with Crippen molar-refractivity contribution in [1.82, 2.24) is 0 Å². The number of carbonyl (C=O) groups is 2. The van der Waals surface area contributed by atoms with Gasteiger partial charge in [-0.05, 0) is 52.9 Å². The molecule has 0 fully saturated rings. The molecular weight excluding hydrogens is 652 g/mol. The average Bonchev–Trinajstić information content (AvgIpc) is 3.18. The van der Waals surface area contributed by atoms with Crippen molar-refractivity contribution in [2.75, 3.05) is 0 Å². The Bertz CT molecular complexity index is 2100. The first-order chi connectivity index (χ1) is 25.5. The molecule has 0 N–H and O–H groups in total. The largest absolute Gasteiger partial charge is 0.489 e. The van der Waals surface area contributed by atoms with E-state index in [1.807, 2.05) is 140 Å². The fourth-order valence-electron chi connectivity index (χ4n) is 5.30. The minimum absolute atomic E-state index is 0.0346. The van der Waals surface area contributed by atoms with E-state index in [9.17, 15) is 9.59 Å². The second-order valence-electron chi connectivity index (χ2n) is 11.9. The van der Waals surface area contributed by atoms with E-state index in [1.54, 1.807) is 12.1 Å². The smallest absolute Gasteiger partial charge is 0.336 e. The summed E-state index contributed by atoms with van der Waals surface area (Å²) in [6.45, 7) is 2.58. The van der Waals surface area contributed by atoms with Gasteiger partial charge in [-0.2, -0.15) is 0 Å². The van der Waals surface area contributed by atoms with Crippen molar-refractivity contribution in [3.8, 4) is 28.7 Å². The first-order valence-electron chi connectivity index (χ1n) is 16.9. The van der Waals surface area contributed by atoms with E-state index in [0.717, 1.165) is 22.3 Å². The molecule has 7 nitrogen and oxygen atoms in total. The zero-order valence-corrected chi connectivity index (χ0v) is 28.8. The van der Waals surface area contributed by atoms with Crippen LogP contribution < -0.4 is 23.7 Å². The zero-order chi connectivity index (χ0) is 36.0. The minimum atomic E-state index is -0.687. The lowest BCUT2D eigenvalue weighted by Crippen LogP contribution is -2.10. The van der Waals surface area contributed by atoms with Gasteiger partial charge >= 0.3 is 5.97 Å². The quantitative estimate of drug-likeness (QED) is 0.0433. The fourth-order valence-corrected chi connectivity index (χ4v) is 5.30. The molecule has 0 aliphatic heterocycles. The number of ketones is 1. The summed E-state index contributed by atoms with van der Waals surface area (Å²) in [4.78, 5) is 26.3. The molecule has 260 valence electrons. The fraction of sp³-hybridized carbons (Fsp3) is 0.111. The normalized spacial score (nSPS) is 10.8. The van der Waals surface area contributed by atoms with Crippen LogP contribution in [-0.4, -0.2) is 11.8 Å². The van der Waals surface area contributed by atoms with Crippen LogP contribution in [0.3, 0.4) is 0 Å². The van der Waals surface area contributed by atoms with Gasteiger partial charge in [0, 0.05) is 18.2 Å². The van der Waals surface area contributed by atoms with Crippen LogP contribution in [0, 0.1) is 0 Å². The number of esters is 1. The van der Waals surface area contributed by atoms with Crippen LogP contribution in [0.4, 0.5) is 0 Å². The Morgan fingerprint density at radius 3 is 1.42 bits per heavy atom. The van der Waals surface area contributed by atoms with Crippen molar-refractivity contribution in [1.29, 1.82) is 0 Å². The molecule has 7 heteroatoms. The number of rotatable bonds is 16. The summed E-state index contributed by atoms with van der Waals surface area (Å²) in [5, 5.41) is 0. The Labute approximate surface area is 303 Å². The van der Waals surface area contributed by atoms with Gasteiger partial charge in [0.15, 0.2) is 17.3 Å². The SMILES string of the molecule is CC(=O)c1c(OCc2ccccc2)cc(OCc2ccccc2)cc1OC(=O)/C=C/c1ccc(OCc2ccccc2)c(OCc2ccccc2)c1. The molecule has 0 bridgehead atoms. The number of Topliss-reactive ketones (excluding diaryl/α,β-unsaturated/α-hetero) is 1. The molecule has 0 saturated carbocycles. The molecule has 0 aromatic heterocycles. The lowest BCUT2D eigenvalue weighted by atomic mass is 10.1. The molecule has 6 aromatic carbocycles. The summed E-state index contributed by atoms with van der Waals surface area (Å²) in [5.74, 6) is 0.754. The molecule has 0 heterocycles. The molecule has 0 aliphatic rings. The third kappa shape index (κ3) is 10.2. The van der Waals surface area contributed by atoms with Crippen molar-refractivity contribution in [2.45, 2.75) is 33.4 Å². The third-order valence-electron chi connectivity index (χ3n) is 7.94. The van der Waals surface area contributed by atoms with E-state index in [0.29, 0.717) is 36.0 Å². The Balaban J connectivity index is 1.22. The van der Waals surface area contributed by atoms with Crippen LogP contribution in [0.1, 0.15) is 45.1 Å². The molecule has 0 saturated heterocycles. The second-order valence-corrected chi connectivity index (χ2v) is 11.9. The highest BCUT2D eigenvalue weighted by Gasteiger charge is 2.21. The van der Waals surface area contributed by atoms with Crippen molar-refractivity contribution in [2.24, 2.45) is 0 Å². The average molecular weight is 691 g/mol. The van der Waals surface area contributed by atoms with Gasteiger partial charge in [0.25, 0.3) is 0 Å². The van der Waals surface area contributed by atoms with Crippen LogP contribution in [0.2, 0.25) is 0 Å². The van der Waals surface area contributed by atoms with Crippen molar-refractivity contribution < 1.29 is 33.3 Å². The van der Waals surface area contributed by atoms with E-state index < -0.39 is 5.97 Å². The van der Waals surface area contributed by atoms with E-state index in [-0.39, 0.29) is 36.1 Å². The summed E-state index contributed by atoms with van der Waals surface area (Å²) in [6.07, 6.45) is 2.92. The van der Waals surface area contributed by atoms with Gasteiger partial charge in [-0.1, -0.05) is 127 Å². The maximum Gasteiger partial charge on any atom is 0.336 e. The molecule has 6 rings (SSSR count). The molecule has 0 aliphatic carbocycles. The minimum Gasteiger partial charge on any atom is -0.489 e. The lowest BCUT2D eigenvalue weighted by molar-refractivity contribution is -0.128. The van der Waals surface area contributed by atoms with Gasteiger partial charge in [-0.3, -0.25) is 4.79 Å². The van der Waals surface area contributed by atoms with Crippen LogP contribution in [0.5, 0.6) is 28.7 Å². The van der Waals surface area contributed by atoms with E-state index in [4.69, 9.17) is 23.7 Å². The highest BCUT2D eigenvalue weighted by molar-refractivity contribution is 6.01. The Kier molecular flexibility index (Phi) is 12.1. The zero-order valence-electron chi connectivity index (χ0n) is 28.8. The first-order valence-corrected chi connectivity index (χ1v) is 16.9. The molecule has 6 aromatic rings. The predicted molar refractivity (Wildman–Crippen MR) is 201 cm³/mol. The molecule has 0 amide bonds. The number of hydrogen-bond acceptors (Lipinski definition) is 7. The Hall–Kier alpha value is -6.60. The van der Waals surface area contributed by atoms with E-state index >= 15 is 0 Å². The van der Waals surface area contributed by atoms with Crippen LogP contribution in [0.15, 0.2) is 158 Å². The van der Waals surface area contributed by atoms with Gasteiger partial charge in [0.2, 0.25) is 0 Å². The maximum absolute atomic E-state index is 13.3. The lowest BCUT2D eigenvalue weighted by Gasteiger charge is -2.16. The summed E-state index contributed by atoms with van der Waals surface area (Å²) in [5.41, 5.74) is 4.72. The van der Waals surface area contributed by atoms with Gasteiger partial charge < -0.3 is 23.7 Å². The summed E-state index contributed by atoms with van der Waals surface area (Å²) < 4.78 is 30.3. The predicted octanol–water partition coefficient (Wildman–Crippen LogP) is 9.82. The van der Waals surface area contributed by atoms with E-state index in [2.05, 4.69) is 0 Å². The number of ether oxygens (including phenoxy) is 5. The van der Waals surface area contributed by atoms with Crippen LogP contribution in [0.25, 0.3) is 6.08 Å². The Morgan fingerprint density at radius 1 is 0.481 bits per heavy atom. The van der Waals surface area contributed by atoms with Gasteiger partial charge in [-0.25, -0.2) is 4.79 Å². The molecule has 0 atom stereocenters. The molecule has 52 heavy (non-hydrogen) atoms. The molecule has 0 radical (unpaired) electrons. The van der Waals surface area contributed by atoms with Gasteiger partial charge in [0.1, 0.15) is 49.2 Å². The Morgan fingerprint density at radius 2 is 0.923 bits per heavy atom. The van der Waals surface area contributed by atoms with Crippen LogP contribution in [-0.2, 0) is 31.2 Å². The molecule has 0 spiro atoms. The van der Waals surface area contributed by atoms with Crippen molar-refractivity contribution >= 4 is 17.8 Å². The van der Waals surface area contributed by atoms with Crippen molar-refractivity contribution in [3.05, 3.63) is 191 Å². The first kappa shape index (κ1) is 35.2. The second kappa shape index (κ2) is 17.9. The van der Waals surface area contributed by atoms with Gasteiger partial charge in [0.05, 0.1) is 0 Å². The molecule has 0 unspecified atom stereocenters. The summed E-state index contributed by atoms with van der Waals surface area (Å²) in [6, 6.07) is 47.6. The standard InChI is InChI=1S/C45H38O7/c1-33(46)45-42(51-32-38-20-12-5-13-21-38)27-39(48-29-35-14-6-2-7-15-35)28-43(45)52-44(47)25-23-34-22-24-40(49-30-36-16-8-3-9-17-36)41(26-34)50-31-37-18-10-4-11-19-37/h2-28H,29-32H2,1H3/b25-23+. The summed E-state index contributed by atoms with van der Waals surface area (Å²) >= 11 is 0.